The van der Waals surface area contributed by atoms with Gasteiger partial charge in [-0.1, -0.05) is 24.3 Å². The molecule has 0 aliphatic heterocycles. The van der Waals surface area contributed by atoms with Crippen molar-refractivity contribution < 1.29 is 23.8 Å². The molecule has 0 saturated heterocycles. The Morgan fingerprint density at radius 2 is 1.68 bits per heavy atom. The molecule has 1 amide bonds. The molecule has 0 aliphatic carbocycles. The lowest BCUT2D eigenvalue weighted by Gasteiger charge is -2.17. The van der Waals surface area contributed by atoms with Gasteiger partial charge in [0.1, 0.15) is 5.25 Å². The largest absolute Gasteiger partial charge is 0.493 e. The van der Waals surface area contributed by atoms with Gasteiger partial charge >= 0.3 is 5.97 Å². The Morgan fingerprint density at radius 1 is 1.00 bits per heavy atom. The van der Waals surface area contributed by atoms with Crippen LogP contribution in [0.15, 0.2) is 53.4 Å². The average Bonchev–Trinajstić information content (AvgIpc) is 2.72. The van der Waals surface area contributed by atoms with E-state index in [4.69, 9.17) is 14.2 Å². The van der Waals surface area contributed by atoms with Crippen LogP contribution in [0.4, 0.5) is 0 Å². The van der Waals surface area contributed by atoms with Gasteiger partial charge in [-0.05, 0) is 43.7 Å². The molecule has 0 fully saturated rings. The fourth-order valence-corrected chi connectivity index (χ4v) is 3.27. The number of carbonyl (C=O) groups excluding carboxylic acids is 2. The van der Waals surface area contributed by atoms with Gasteiger partial charge in [-0.25, -0.2) is 0 Å². The first-order valence-corrected chi connectivity index (χ1v) is 9.73. The summed E-state index contributed by atoms with van der Waals surface area (Å²) >= 11 is 1.39. The van der Waals surface area contributed by atoms with Crippen LogP contribution in [0.25, 0.3) is 0 Å². The summed E-state index contributed by atoms with van der Waals surface area (Å²) in [6.45, 7) is 3.60. The molecule has 0 radical (unpaired) electrons. The summed E-state index contributed by atoms with van der Waals surface area (Å²) in [6, 6.07) is 15.0. The number of thioether (sulfide) groups is 1. The van der Waals surface area contributed by atoms with Crippen LogP contribution in [-0.4, -0.2) is 37.4 Å². The predicted molar refractivity (Wildman–Crippen MR) is 109 cm³/mol. The molecule has 28 heavy (non-hydrogen) atoms. The molecule has 0 unspecified atom stereocenters. The molecular formula is C21H25NO5S. The number of methoxy groups -OCH3 is 2. The van der Waals surface area contributed by atoms with Crippen molar-refractivity contribution in [2.45, 2.75) is 36.6 Å². The molecule has 1 N–H and O–H groups in total. The van der Waals surface area contributed by atoms with Crippen LogP contribution < -0.4 is 14.8 Å². The SMILES string of the molecule is COc1ccc(CNC(=O)[C@H](C)OC(=O)[C@@H](C)Sc2ccccc2)cc1OC. The van der Waals surface area contributed by atoms with Crippen molar-refractivity contribution in [3.05, 3.63) is 54.1 Å². The number of ether oxygens (including phenoxy) is 3. The predicted octanol–water partition coefficient (Wildman–Crippen LogP) is 3.43. The lowest BCUT2D eigenvalue weighted by atomic mass is 10.2. The molecule has 0 spiro atoms. The molecule has 0 aliphatic rings. The summed E-state index contributed by atoms with van der Waals surface area (Å²) in [4.78, 5) is 25.5. The van der Waals surface area contributed by atoms with Crippen LogP contribution in [0, 0.1) is 0 Å². The molecule has 150 valence electrons. The summed E-state index contributed by atoms with van der Waals surface area (Å²) in [5.41, 5.74) is 0.845. The van der Waals surface area contributed by atoms with Crippen LogP contribution in [-0.2, 0) is 20.9 Å². The van der Waals surface area contributed by atoms with Gasteiger partial charge in [0.25, 0.3) is 5.91 Å². The van der Waals surface area contributed by atoms with Crippen molar-refractivity contribution >= 4 is 23.6 Å². The van der Waals surface area contributed by atoms with Crippen molar-refractivity contribution in [1.82, 2.24) is 5.32 Å². The van der Waals surface area contributed by atoms with E-state index >= 15 is 0 Å². The maximum atomic E-state index is 12.3. The molecule has 2 atom stereocenters. The van der Waals surface area contributed by atoms with Crippen LogP contribution in [0.1, 0.15) is 19.4 Å². The molecule has 0 bridgehead atoms. The topological polar surface area (TPSA) is 73.9 Å². The fourth-order valence-electron chi connectivity index (χ4n) is 2.40. The van der Waals surface area contributed by atoms with E-state index < -0.39 is 17.3 Å². The number of amides is 1. The lowest BCUT2D eigenvalue weighted by Crippen LogP contribution is -2.36. The van der Waals surface area contributed by atoms with E-state index in [2.05, 4.69) is 5.32 Å². The normalized spacial score (nSPS) is 12.6. The first-order chi connectivity index (χ1) is 13.4. The summed E-state index contributed by atoms with van der Waals surface area (Å²) in [5.74, 6) is 0.410. The highest BCUT2D eigenvalue weighted by Crippen LogP contribution is 2.27. The van der Waals surface area contributed by atoms with E-state index in [1.54, 1.807) is 40.2 Å². The Hall–Kier alpha value is -2.67. The fraction of sp³-hybridized carbons (Fsp3) is 0.333. The second-order valence-corrected chi connectivity index (χ2v) is 7.47. The maximum Gasteiger partial charge on any atom is 0.319 e. The van der Waals surface area contributed by atoms with Crippen LogP contribution >= 0.6 is 11.8 Å². The summed E-state index contributed by atoms with van der Waals surface area (Å²) in [5, 5.41) is 2.35. The van der Waals surface area contributed by atoms with Gasteiger partial charge < -0.3 is 19.5 Å². The second kappa shape index (κ2) is 10.6. The molecule has 6 nitrogen and oxygen atoms in total. The van der Waals surface area contributed by atoms with Crippen LogP contribution in [0.2, 0.25) is 0 Å². The standard InChI is InChI=1S/C21H25NO5S/c1-14(27-21(24)15(2)28-17-8-6-5-7-9-17)20(23)22-13-16-10-11-18(25-3)19(12-16)26-4/h5-12,14-15H,13H2,1-4H3,(H,22,23)/t14-,15+/m0/s1. The number of esters is 1. The van der Waals surface area contributed by atoms with E-state index in [0.717, 1.165) is 10.5 Å². The summed E-state index contributed by atoms with van der Waals surface area (Å²) < 4.78 is 15.7. The molecule has 0 saturated carbocycles. The van der Waals surface area contributed by atoms with E-state index in [9.17, 15) is 9.59 Å². The zero-order valence-electron chi connectivity index (χ0n) is 16.4. The summed E-state index contributed by atoms with van der Waals surface area (Å²) in [7, 11) is 3.11. The van der Waals surface area contributed by atoms with E-state index in [1.165, 1.54) is 11.8 Å². The number of nitrogens with one attached hydrogen (secondary N) is 1. The first kappa shape index (κ1) is 21.6. The van der Waals surface area contributed by atoms with Gasteiger partial charge in [0, 0.05) is 11.4 Å². The number of benzene rings is 2. The Balaban J connectivity index is 1.84. The van der Waals surface area contributed by atoms with E-state index in [1.807, 2.05) is 36.4 Å². The summed E-state index contributed by atoms with van der Waals surface area (Å²) in [6.07, 6.45) is -0.883. The second-order valence-electron chi connectivity index (χ2n) is 6.06. The smallest absolute Gasteiger partial charge is 0.319 e. The molecule has 2 rings (SSSR count). The Kier molecular flexibility index (Phi) is 8.19. The third-order valence-electron chi connectivity index (χ3n) is 3.96. The molecule has 0 aromatic heterocycles. The number of hydrogen-bond donors (Lipinski definition) is 1. The van der Waals surface area contributed by atoms with Gasteiger partial charge in [0.05, 0.1) is 14.2 Å². The monoisotopic (exact) mass is 403 g/mol. The number of hydrogen-bond acceptors (Lipinski definition) is 6. The van der Waals surface area contributed by atoms with Crippen LogP contribution in [0.5, 0.6) is 11.5 Å². The minimum Gasteiger partial charge on any atom is -0.493 e. The van der Waals surface area contributed by atoms with Crippen molar-refractivity contribution in [3.8, 4) is 11.5 Å². The molecule has 0 heterocycles. The third-order valence-corrected chi connectivity index (χ3v) is 5.06. The molecule has 7 heteroatoms. The van der Waals surface area contributed by atoms with E-state index in [0.29, 0.717) is 11.5 Å². The van der Waals surface area contributed by atoms with Crippen molar-refractivity contribution in [3.63, 3.8) is 0 Å². The van der Waals surface area contributed by atoms with Crippen molar-refractivity contribution in [2.75, 3.05) is 14.2 Å². The van der Waals surface area contributed by atoms with Gasteiger partial charge in [0.2, 0.25) is 0 Å². The zero-order valence-corrected chi connectivity index (χ0v) is 17.2. The average molecular weight is 404 g/mol. The van der Waals surface area contributed by atoms with E-state index in [-0.39, 0.29) is 12.5 Å². The highest BCUT2D eigenvalue weighted by molar-refractivity contribution is 8.00. The van der Waals surface area contributed by atoms with Gasteiger partial charge in [-0.15, -0.1) is 11.8 Å². The molecule has 2 aromatic rings. The van der Waals surface area contributed by atoms with Crippen molar-refractivity contribution in [2.24, 2.45) is 0 Å². The highest BCUT2D eigenvalue weighted by atomic mass is 32.2. The van der Waals surface area contributed by atoms with Crippen LogP contribution in [0.3, 0.4) is 0 Å². The molecular weight excluding hydrogens is 378 g/mol. The number of rotatable bonds is 9. The Bertz CT molecular complexity index is 797. The van der Waals surface area contributed by atoms with Crippen molar-refractivity contribution in [1.29, 1.82) is 0 Å². The maximum absolute atomic E-state index is 12.3. The number of carbonyl (C=O) groups is 2. The van der Waals surface area contributed by atoms with Gasteiger partial charge in [0.15, 0.2) is 17.6 Å². The first-order valence-electron chi connectivity index (χ1n) is 8.85. The highest BCUT2D eigenvalue weighted by Gasteiger charge is 2.22. The lowest BCUT2D eigenvalue weighted by molar-refractivity contribution is -0.154. The molecule has 2 aromatic carbocycles. The van der Waals surface area contributed by atoms with Gasteiger partial charge in [-0.3, -0.25) is 9.59 Å². The quantitative estimate of drug-likeness (QED) is 0.511. The Labute approximate surface area is 169 Å². The third kappa shape index (κ3) is 6.20. The van der Waals surface area contributed by atoms with Gasteiger partial charge in [-0.2, -0.15) is 0 Å². The Morgan fingerprint density at radius 3 is 2.32 bits per heavy atom. The minimum absolute atomic E-state index is 0.287. The zero-order chi connectivity index (χ0) is 20.5. The minimum atomic E-state index is -0.883.